The number of halogens is 3. The summed E-state index contributed by atoms with van der Waals surface area (Å²) in [7, 11) is 0. The minimum atomic E-state index is -2.64. The number of ether oxygens (including phenoxy) is 1. The van der Waals surface area contributed by atoms with Crippen LogP contribution in [0.25, 0.3) is 22.2 Å². The Bertz CT molecular complexity index is 1230. The van der Waals surface area contributed by atoms with Crippen LogP contribution in [0.1, 0.15) is 55.8 Å². The van der Waals surface area contributed by atoms with Crippen LogP contribution in [0.2, 0.25) is 5.02 Å². The highest BCUT2D eigenvalue weighted by atomic mass is 35.5. The van der Waals surface area contributed by atoms with Crippen molar-refractivity contribution < 1.29 is 23.7 Å². The van der Waals surface area contributed by atoms with E-state index in [1.165, 1.54) is 0 Å². The molecule has 1 saturated carbocycles. The number of rotatable bonds is 6. The number of benzene rings is 1. The number of aromatic nitrogens is 2. The van der Waals surface area contributed by atoms with E-state index in [0.29, 0.717) is 21.9 Å². The van der Waals surface area contributed by atoms with Gasteiger partial charge in [-0.3, -0.25) is 0 Å². The molecule has 2 heterocycles. The third-order valence-electron chi connectivity index (χ3n) is 6.51. The monoisotopic (exact) mass is 492 g/mol. The van der Waals surface area contributed by atoms with Crippen LogP contribution in [-0.4, -0.2) is 37.6 Å². The predicted octanol–water partition coefficient (Wildman–Crippen LogP) is 6.10. The Morgan fingerprint density at radius 3 is 2.26 bits per heavy atom. The minimum Gasteiger partial charge on any atom is -0.366 e. The number of nitrogens with zero attached hydrogens (tertiary/aromatic N) is 2. The van der Waals surface area contributed by atoms with Crippen LogP contribution < -0.4 is 0 Å². The molecule has 184 valence electrons. The van der Waals surface area contributed by atoms with Gasteiger partial charge in [-0.05, 0) is 64.8 Å². The molecule has 4 rings (SSSR count). The fourth-order valence-electron chi connectivity index (χ4n) is 4.62. The molecule has 3 aromatic rings. The van der Waals surface area contributed by atoms with Crippen molar-refractivity contribution in [3.05, 3.63) is 51.8 Å². The summed E-state index contributed by atoms with van der Waals surface area (Å²) in [5.41, 5.74) is 4.33. The van der Waals surface area contributed by atoms with E-state index in [0.717, 1.165) is 27.8 Å². The van der Waals surface area contributed by atoms with Crippen molar-refractivity contribution in [2.45, 2.75) is 78.4 Å². The minimum absolute atomic E-state index is 0.121. The largest absolute Gasteiger partial charge is 0.366 e. The zero-order chi connectivity index (χ0) is 25.2. The zero-order valence-corrected chi connectivity index (χ0v) is 21.0. The molecule has 5 nitrogen and oxygen atoms in total. The zero-order valence-electron chi connectivity index (χ0n) is 20.3. The quantitative estimate of drug-likeness (QED) is 0.408. The summed E-state index contributed by atoms with van der Waals surface area (Å²) in [6, 6.07) is 7.25. The predicted molar refractivity (Wildman–Crippen MR) is 129 cm³/mol. The first kappa shape index (κ1) is 25.0. The molecule has 0 bridgehead atoms. The van der Waals surface area contributed by atoms with Crippen molar-refractivity contribution in [3.63, 3.8) is 0 Å². The Hall–Kier alpha value is -2.06. The molecular formula is C26H31ClF2N2O3. The van der Waals surface area contributed by atoms with Crippen LogP contribution in [0.3, 0.4) is 0 Å². The Balaban J connectivity index is 2.04. The summed E-state index contributed by atoms with van der Waals surface area (Å²) >= 11 is 6.15. The van der Waals surface area contributed by atoms with E-state index < -0.39 is 29.8 Å². The van der Waals surface area contributed by atoms with E-state index in [2.05, 4.69) is 0 Å². The number of fused-ring (bicyclic) bond motifs is 1. The summed E-state index contributed by atoms with van der Waals surface area (Å²) in [5, 5.41) is 22.0. The molecule has 2 atom stereocenters. The average molecular weight is 493 g/mol. The van der Waals surface area contributed by atoms with Gasteiger partial charge in [-0.25, -0.2) is 13.8 Å². The second kappa shape index (κ2) is 8.55. The third kappa shape index (κ3) is 4.59. The molecule has 1 aliphatic carbocycles. The Labute approximate surface area is 203 Å². The lowest BCUT2D eigenvalue weighted by Gasteiger charge is -2.31. The van der Waals surface area contributed by atoms with Crippen LogP contribution >= 0.6 is 11.6 Å². The SMILES string of the molecule is Cc1nc2c(c(C)c(C)n2CC2CC2(F)F)c(-c2ccc(Cl)cc2)c1[C@H](OC(C)(C)C)C(O)O. The van der Waals surface area contributed by atoms with E-state index in [-0.39, 0.29) is 13.0 Å². The van der Waals surface area contributed by atoms with Gasteiger partial charge < -0.3 is 19.5 Å². The molecule has 1 aliphatic rings. The van der Waals surface area contributed by atoms with Gasteiger partial charge in [-0.15, -0.1) is 0 Å². The second-order valence-electron chi connectivity index (χ2n) is 10.2. The van der Waals surface area contributed by atoms with Gasteiger partial charge in [-0.1, -0.05) is 23.7 Å². The third-order valence-corrected chi connectivity index (χ3v) is 6.76. The summed E-state index contributed by atoms with van der Waals surface area (Å²) in [4.78, 5) is 4.81. The van der Waals surface area contributed by atoms with E-state index in [1.54, 1.807) is 19.1 Å². The number of pyridine rings is 1. The molecule has 0 radical (unpaired) electrons. The van der Waals surface area contributed by atoms with E-state index in [4.69, 9.17) is 21.3 Å². The van der Waals surface area contributed by atoms with Crippen LogP contribution in [0, 0.1) is 26.7 Å². The molecule has 2 aromatic heterocycles. The first-order valence-electron chi connectivity index (χ1n) is 11.4. The standard InChI is InChI=1S/C26H31ClF2N2O3/c1-13-15(3)31(12-17-11-26(17,28)29)23-19(13)21(16-7-9-18(27)10-8-16)20(14(2)30-23)22(24(32)33)34-25(4,5)6/h7-10,17,22,24,32-33H,11-12H2,1-6H3/t17?,22-/m0/s1. The van der Waals surface area contributed by atoms with Gasteiger partial charge in [0.1, 0.15) is 11.8 Å². The van der Waals surface area contributed by atoms with Gasteiger partial charge in [-0.2, -0.15) is 0 Å². The number of aliphatic hydroxyl groups excluding tert-OH is 1. The van der Waals surface area contributed by atoms with Gasteiger partial charge in [0, 0.05) is 51.8 Å². The van der Waals surface area contributed by atoms with Crippen molar-refractivity contribution in [2.75, 3.05) is 0 Å². The highest BCUT2D eigenvalue weighted by molar-refractivity contribution is 6.30. The van der Waals surface area contributed by atoms with Gasteiger partial charge >= 0.3 is 0 Å². The van der Waals surface area contributed by atoms with E-state index in [1.807, 2.05) is 51.3 Å². The molecule has 34 heavy (non-hydrogen) atoms. The lowest BCUT2D eigenvalue weighted by molar-refractivity contribution is -0.185. The fourth-order valence-corrected chi connectivity index (χ4v) is 4.75. The highest BCUT2D eigenvalue weighted by Crippen LogP contribution is 2.51. The maximum Gasteiger partial charge on any atom is 0.253 e. The Morgan fingerprint density at radius 1 is 1.18 bits per heavy atom. The maximum atomic E-state index is 13.8. The molecular weight excluding hydrogens is 462 g/mol. The molecule has 0 saturated heterocycles. The van der Waals surface area contributed by atoms with Crippen molar-refractivity contribution in [3.8, 4) is 11.1 Å². The molecule has 8 heteroatoms. The number of hydrogen-bond acceptors (Lipinski definition) is 4. The number of aliphatic hydroxyl groups is 2. The van der Waals surface area contributed by atoms with Crippen LogP contribution in [0.4, 0.5) is 8.78 Å². The van der Waals surface area contributed by atoms with Gasteiger partial charge in [0.25, 0.3) is 5.92 Å². The second-order valence-corrected chi connectivity index (χ2v) is 10.7. The van der Waals surface area contributed by atoms with Crippen molar-refractivity contribution in [1.82, 2.24) is 9.55 Å². The Morgan fingerprint density at radius 2 is 1.76 bits per heavy atom. The number of hydrogen-bond donors (Lipinski definition) is 2. The van der Waals surface area contributed by atoms with Gasteiger partial charge in [0.2, 0.25) is 0 Å². The van der Waals surface area contributed by atoms with Crippen molar-refractivity contribution >= 4 is 22.6 Å². The highest BCUT2D eigenvalue weighted by Gasteiger charge is 2.57. The molecule has 1 fully saturated rings. The summed E-state index contributed by atoms with van der Waals surface area (Å²) in [6.45, 7) is 11.3. The topological polar surface area (TPSA) is 67.5 Å². The summed E-state index contributed by atoms with van der Waals surface area (Å²) in [5.74, 6) is -3.35. The molecule has 2 N–H and O–H groups in total. The number of alkyl halides is 2. The van der Waals surface area contributed by atoms with Gasteiger partial charge in [0.15, 0.2) is 6.29 Å². The number of aryl methyl sites for hydroxylation is 2. The molecule has 0 aliphatic heterocycles. The smallest absolute Gasteiger partial charge is 0.253 e. The molecule has 1 unspecified atom stereocenters. The first-order valence-corrected chi connectivity index (χ1v) is 11.8. The van der Waals surface area contributed by atoms with Crippen molar-refractivity contribution in [2.24, 2.45) is 5.92 Å². The van der Waals surface area contributed by atoms with Gasteiger partial charge in [0.05, 0.1) is 5.60 Å². The van der Waals surface area contributed by atoms with Crippen LogP contribution in [0.5, 0.6) is 0 Å². The normalized spacial score (nSPS) is 18.6. The lowest BCUT2D eigenvalue weighted by Crippen LogP contribution is -2.31. The summed E-state index contributed by atoms with van der Waals surface area (Å²) < 4.78 is 35.5. The van der Waals surface area contributed by atoms with Crippen LogP contribution in [0.15, 0.2) is 24.3 Å². The first-order chi connectivity index (χ1) is 15.7. The Kier molecular flexibility index (Phi) is 6.30. The summed E-state index contributed by atoms with van der Waals surface area (Å²) in [6.07, 6.45) is -2.99. The van der Waals surface area contributed by atoms with E-state index in [9.17, 15) is 19.0 Å². The molecule has 0 spiro atoms. The fraction of sp³-hybridized carbons (Fsp3) is 0.500. The maximum absolute atomic E-state index is 13.8. The molecule has 1 aromatic carbocycles. The molecule has 0 amide bonds. The van der Waals surface area contributed by atoms with Crippen LogP contribution in [-0.2, 0) is 11.3 Å². The van der Waals surface area contributed by atoms with Crippen molar-refractivity contribution in [1.29, 1.82) is 0 Å². The lowest BCUT2D eigenvalue weighted by atomic mass is 9.90. The van der Waals surface area contributed by atoms with E-state index >= 15 is 0 Å². The average Bonchev–Trinajstić information content (AvgIpc) is 3.27.